The summed E-state index contributed by atoms with van der Waals surface area (Å²) in [5.41, 5.74) is 1.41. The van der Waals surface area contributed by atoms with E-state index in [1.807, 2.05) is 13.0 Å². The Morgan fingerprint density at radius 3 is 2.90 bits per heavy atom. The van der Waals surface area contributed by atoms with E-state index < -0.39 is 5.63 Å². The number of hydrogen-bond donors (Lipinski definition) is 1. The Balaban J connectivity index is 1.33. The molecular formula is C23H28N2O4S. The third-order valence-electron chi connectivity index (χ3n) is 6.88. The quantitative estimate of drug-likeness (QED) is 0.796. The molecule has 0 saturated carbocycles. The number of nitrogens with one attached hydrogen (secondary N) is 1. The molecule has 160 valence electrons. The van der Waals surface area contributed by atoms with Crippen molar-refractivity contribution >= 4 is 17.2 Å². The number of rotatable bonds is 2. The minimum absolute atomic E-state index is 0.180. The molecule has 1 spiro atoms. The van der Waals surface area contributed by atoms with Crippen LogP contribution in [-0.2, 0) is 16.8 Å². The van der Waals surface area contributed by atoms with Gasteiger partial charge in [-0.1, -0.05) is 0 Å². The molecule has 3 aliphatic rings. The van der Waals surface area contributed by atoms with Crippen LogP contribution in [0.3, 0.4) is 0 Å². The number of piperidine rings is 2. The third kappa shape index (κ3) is 3.43. The number of carbonyl (C=O) groups excluding carboxylic acids is 1. The molecule has 1 N–H and O–H groups in total. The predicted molar refractivity (Wildman–Crippen MR) is 115 cm³/mol. The summed E-state index contributed by atoms with van der Waals surface area (Å²) >= 11 is 1.80. The van der Waals surface area contributed by atoms with Crippen LogP contribution in [0.4, 0.5) is 0 Å². The number of hydrogen-bond acceptors (Lipinski definition) is 6. The van der Waals surface area contributed by atoms with E-state index in [0.29, 0.717) is 24.4 Å². The van der Waals surface area contributed by atoms with Crippen LogP contribution in [-0.4, -0.2) is 43.6 Å². The second-order valence-electron chi connectivity index (χ2n) is 8.68. The highest BCUT2D eigenvalue weighted by Gasteiger charge is 2.42. The van der Waals surface area contributed by atoms with Crippen molar-refractivity contribution in [3.63, 3.8) is 0 Å². The van der Waals surface area contributed by atoms with Gasteiger partial charge in [0.25, 0.3) is 5.91 Å². The fourth-order valence-electron chi connectivity index (χ4n) is 5.19. The first-order chi connectivity index (χ1) is 14.6. The van der Waals surface area contributed by atoms with Crippen LogP contribution in [0.15, 0.2) is 26.7 Å². The maximum Gasteiger partial charge on any atom is 0.349 e. The van der Waals surface area contributed by atoms with Gasteiger partial charge in [-0.05, 0) is 67.8 Å². The summed E-state index contributed by atoms with van der Waals surface area (Å²) in [4.78, 5) is 29.2. The summed E-state index contributed by atoms with van der Waals surface area (Å²) in [6, 6.07) is 4.06. The Morgan fingerprint density at radius 1 is 1.33 bits per heavy atom. The number of aryl methyl sites for hydroxylation is 1. The second kappa shape index (κ2) is 7.94. The normalized spacial score (nSPS) is 23.4. The van der Waals surface area contributed by atoms with Gasteiger partial charge < -0.3 is 19.4 Å². The monoisotopic (exact) mass is 428 g/mol. The van der Waals surface area contributed by atoms with Gasteiger partial charge in [-0.15, -0.1) is 11.3 Å². The lowest BCUT2D eigenvalue weighted by molar-refractivity contribution is -0.0926. The average Bonchev–Trinajstić information content (AvgIpc) is 3.25. The van der Waals surface area contributed by atoms with Gasteiger partial charge in [-0.2, -0.15) is 0 Å². The number of likely N-dealkylation sites (tertiary alicyclic amines) is 1. The predicted octanol–water partition coefficient (Wildman–Crippen LogP) is 3.18. The van der Waals surface area contributed by atoms with E-state index in [0.717, 1.165) is 51.8 Å². The van der Waals surface area contributed by atoms with Gasteiger partial charge in [-0.3, -0.25) is 4.79 Å². The summed E-state index contributed by atoms with van der Waals surface area (Å²) in [5, 5.41) is 5.48. The maximum absolute atomic E-state index is 13.2. The molecule has 2 fully saturated rings. The molecule has 2 aromatic rings. The molecule has 0 aromatic carbocycles. The van der Waals surface area contributed by atoms with E-state index >= 15 is 0 Å². The van der Waals surface area contributed by atoms with Crippen LogP contribution in [0.5, 0.6) is 0 Å². The zero-order valence-corrected chi connectivity index (χ0v) is 18.2. The van der Waals surface area contributed by atoms with Crippen molar-refractivity contribution < 1.29 is 13.9 Å². The molecule has 1 atom stereocenters. The van der Waals surface area contributed by atoms with Crippen molar-refractivity contribution in [3.8, 4) is 0 Å². The standard InChI is InChI=1S/C23H28N2O4S/c1-15-13-18(16-3-2-8-24-14-16)29-22(27)20(15)21(26)25-9-6-23(7-10-25)17-5-12-30-19(17)4-11-28-23/h5,12-13,16,24H,2-4,6-11,14H2,1H3. The molecule has 2 aromatic heterocycles. The maximum atomic E-state index is 13.2. The number of amides is 1. The molecule has 3 aliphatic heterocycles. The summed E-state index contributed by atoms with van der Waals surface area (Å²) in [7, 11) is 0. The van der Waals surface area contributed by atoms with Crippen molar-refractivity contribution in [2.24, 2.45) is 0 Å². The van der Waals surface area contributed by atoms with Crippen molar-refractivity contribution in [2.75, 3.05) is 32.8 Å². The van der Waals surface area contributed by atoms with E-state index in [-0.39, 0.29) is 23.0 Å². The summed E-state index contributed by atoms with van der Waals surface area (Å²) in [6.45, 7) is 5.57. The molecule has 0 aliphatic carbocycles. The molecule has 0 radical (unpaired) electrons. The van der Waals surface area contributed by atoms with E-state index in [1.54, 1.807) is 16.2 Å². The van der Waals surface area contributed by atoms with Crippen molar-refractivity contribution in [2.45, 2.75) is 50.5 Å². The molecule has 30 heavy (non-hydrogen) atoms. The highest BCUT2D eigenvalue weighted by Crippen LogP contribution is 2.43. The molecule has 0 bridgehead atoms. The van der Waals surface area contributed by atoms with Crippen LogP contribution in [0.1, 0.15) is 63.7 Å². The van der Waals surface area contributed by atoms with Gasteiger partial charge in [0.15, 0.2) is 0 Å². The minimum Gasteiger partial charge on any atom is -0.427 e. The fourth-order valence-corrected chi connectivity index (χ4v) is 6.14. The SMILES string of the molecule is Cc1cc(C2CCCNC2)oc(=O)c1C(=O)N1CCC2(CC1)OCCc1sccc12. The van der Waals surface area contributed by atoms with Gasteiger partial charge >= 0.3 is 5.63 Å². The Kier molecular flexibility index (Phi) is 5.29. The van der Waals surface area contributed by atoms with Crippen LogP contribution in [0.25, 0.3) is 0 Å². The van der Waals surface area contributed by atoms with Crippen molar-refractivity contribution in [1.29, 1.82) is 0 Å². The lowest BCUT2D eigenvalue weighted by atomic mass is 9.82. The summed E-state index contributed by atoms with van der Waals surface area (Å²) in [5.74, 6) is 0.678. The first kappa shape index (κ1) is 20.0. The number of carbonyl (C=O) groups is 1. The Labute approximate surface area is 180 Å². The second-order valence-corrected chi connectivity index (χ2v) is 9.68. The lowest BCUT2D eigenvalue weighted by Gasteiger charge is -2.44. The van der Waals surface area contributed by atoms with E-state index in [1.165, 1.54) is 10.4 Å². The van der Waals surface area contributed by atoms with Crippen LogP contribution in [0, 0.1) is 6.92 Å². The number of fused-ring (bicyclic) bond motifs is 2. The number of nitrogens with zero attached hydrogens (tertiary/aromatic N) is 1. The molecule has 5 heterocycles. The average molecular weight is 429 g/mol. The van der Waals surface area contributed by atoms with Gasteiger partial charge in [-0.25, -0.2) is 4.79 Å². The molecule has 7 heteroatoms. The van der Waals surface area contributed by atoms with Crippen LogP contribution < -0.4 is 10.9 Å². The molecule has 2 saturated heterocycles. The smallest absolute Gasteiger partial charge is 0.349 e. The van der Waals surface area contributed by atoms with E-state index in [2.05, 4.69) is 16.8 Å². The lowest BCUT2D eigenvalue weighted by Crippen LogP contribution is -2.48. The van der Waals surface area contributed by atoms with E-state index in [4.69, 9.17) is 9.15 Å². The van der Waals surface area contributed by atoms with Gasteiger partial charge in [0, 0.05) is 36.9 Å². The largest absolute Gasteiger partial charge is 0.427 e. The summed E-state index contributed by atoms with van der Waals surface area (Å²) < 4.78 is 11.9. The topological polar surface area (TPSA) is 71.8 Å². The Morgan fingerprint density at radius 2 is 2.17 bits per heavy atom. The fraction of sp³-hybridized carbons (Fsp3) is 0.565. The molecule has 1 amide bonds. The van der Waals surface area contributed by atoms with Gasteiger partial charge in [0.05, 0.1) is 12.2 Å². The third-order valence-corrected chi connectivity index (χ3v) is 7.86. The highest BCUT2D eigenvalue weighted by molar-refractivity contribution is 7.10. The van der Waals surface area contributed by atoms with Crippen molar-refractivity contribution in [3.05, 3.63) is 55.3 Å². The molecular weight excluding hydrogens is 400 g/mol. The van der Waals surface area contributed by atoms with Gasteiger partial charge in [0.1, 0.15) is 11.3 Å². The first-order valence-corrected chi connectivity index (χ1v) is 11.8. The van der Waals surface area contributed by atoms with E-state index in [9.17, 15) is 9.59 Å². The minimum atomic E-state index is -0.505. The molecule has 5 rings (SSSR count). The zero-order chi connectivity index (χ0) is 20.7. The van der Waals surface area contributed by atoms with Crippen LogP contribution in [0.2, 0.25) is 0 Å². The highest BCUT2D eigenvalue weighted by atomic mass is 32.1. The number of thiophene rings is 1. The first-order valence-electron chi connectivity index (χ1n) is 10.9. The van der Waals surface area contributed by atoms with Crippen LogP contribution >= 0.6 is 11.3 Å². The Bertz CT molecular complexity index is 997. The summed E-state index contributed by atoms with van der Waals surface area (Å²) in [6.07, 6.45) is 4.57. The Hall–Kier alpha value is -1.96. The zero-order valence-electron chi connectivity index (χ0n) is 17.4. The van der Waals surface area contributed by atoms with Crippen molar-refractivity contribution in [1.82, 2.24) is 10.2 Å². The molecule has 1 unspecified atom stereocenters. The van der Waals surface area contributed by atoms with Gasteiger partial charge in [0.2, 0.25) is 0 Å². The molecule has 6 nitrogen and oxygen atoms in total. The number of ether oxygens (including phenoxy) is 1.